The molecule has 1 fully saturated rings. The second-order valence-corrected chi connectivity index (χ2v) is 8.79. The SMILES string of the molecule is CCCNC(Cc1ccc(Br)s1)C1CSCCN1C. The van der Waals surface area contributed by atoms with Gasteiger partial charge in [-0.25, -0.2) is 0 Å². The van der Waals surface area contributed by atoms with Gasteiger partial charge in [0, 0.05) is 35.0 Å². The summed E-state index contributed by atoms with van der Waals surface area (Å²) in [7, 11) is 2.27. The minimum Gasteiger partial charge on any atom is -0.312 e. The highest BCUT2D eigenvalue weighted by Crippen LogP contribution is 2.26. The van der Waals surface area contributed by atoms with Gasteiger partial charge in [-0.1, -0.05) is 6.92 Å². The van der Waals surface area contributed by atoms with E-state index < -0.39 is 0 Å². The molecule has 1 aliphatic heterocycles. The molecule has 1 N–H and O–H groups in total. The van der Waals surface area contributed by atoms with E-state index in [-0.39, 0.29) is 0 Å². The molecule has 5 heteroatoms. The van der Waals surface area contributed by atoms with E-state index in [0.29, 0.717) is 12.1 Å². The molecule has 0 radical (unpaired) electrons. The van der Waals surface area contributed by atoms with Crippen LogP contribution in [0.5, 0.6) is 0 Å². The fourth-order valence-corrected chi connectivity index (χ4v) is 5.33. The molecule has 2 rings (SSSR count). The van der Waals surface area contributed by atoms with Crippen LogP contribution in [0.4, 0.5) is 0 Å². The number of rotatable bonds is 6. The molecular weight excluding hydrogens is 340 g/mol. The summed E-state index contributed by atoms with van der Waals surface area (Å²) in [6.07, 6.45) is 2.35. The molecule has 1 aliphatic rings. The van der Waals surface area contributed by atoms with E-state index in [0.717, 1.165) is 13.0 Å². The number of thioether (sulfide) groups is 1. The van der Waals surface area contributed by atoms with Crippen LogP contribution in [0.15, 0.2) is 15.9 Å². The van der Waals surface area contributed by atoms with E-state index in [4.69, 9.17) is 0 Å². The fourth-order valence-electron chi connectivity index (χ4n) is 2.48. The van der Waals surface area contributed by atoms with Crippen molar-refractivity contribution in [3.8, 4) is 0 Å². The summed E-state index contributed by atoms with van der Waals surface area (Å²) in [5, 5.41) is 3.76. The second-order valence-electron chi connectivity index (χ2n) is 5.09. The number of nitrogens with one attached hydrogen (secondary N) is 1. The Labute approximate surface area is 133 Å². The number of hydrogen-bond donors (Lipinski definition) is 1. The maximum Gasteiger partial charge on any atom is 0.0701 e. The Morgan fingerprint density at radius 2 is 2.37 bits per heavy atom. The first-order valence-electron chi connectivity index (χ1n) is 6.96. The van der Waals surface area contributed by atoms with Crippen LogP contribution in [-0.4, -0.2) is 48.6 Å². The van der Waals surface area contributed by atoms with E-state index in [1.165, 1.54) is 33.1 Å². The minimum atomic E-state index is 0.572. The standard InChI is InChI=1S/C14H23BrN2S2/c1-3-6-16-12(9-11-4-5-14(15)19-11)13-10-18-8-7-17(13)2/h4-5,12-13,16H,3,6-10H2,1-2H3. The van der Waals surface area contributed by atoms with Gasteiger partial charge in [0.2, 0.25) is 0 Å². The van der Waals surface area contributed by atoms with Crippen LogP contribution in [-0.2, 0) is 6.42 Å². The van der Waals surface area contributed by atoms with Crippen molar-refractivity contribution in [3.05, 3.63) is 20.8 Å². The summed E-state index contributed by atoms with van der Waals surface area (Å²) in [6, 6.07) is 5.65. The first-order valence-corrected chi connectivity index (χ1v) is 9.72. The van der Waals surface area contributed by atoms with E-state index in [1.807, 2.05) is 11.3 Å². The Morgan fingerprint density at radius 1 is 1.53 bits per heavy atom. The van der Waals surface area contributed by atoms with Gasteiger partial charge in [-0.05, 0) is 54.5 Å². The van der Waals surface area contributed by atoms with Crippen molar-refractivity contribution in [2.75, 3.05) is 31.6 Å². The molecule has 19 heavy (non-hydrogen) atoms. The smallest absolute Gasteiger partial charge is 0.0701 e. The van der Waals surface area contributed by atoms with E-state index in [2.05, 4.69) is 64.0 Å². The predicted octanol–water partition coefficient (Wildman–Crippen LogP) is 3.47. The summed E-state index contributed by atoms with van der Waals surface area (Å²) in [6.45, 7) is 4.57. The molecule has 2 nitrogen and oxygen atoms in total. The van der Waals surface area contributed by atoms with Crippen LogP contribution in [0, 0.1) is 0 Å². The molecule has 2 unspecified atom stereocenters. The number of hydrogen-bond acceptors (Lipinski definition) is 4. The van der Waals surface area contributed by atoms with Gasteiger partial charge in [-0.15, -0.1) is 11.3 Å². The van der Waals surface area contributed by atoms with Crippen molar-refractivity contribution < 1.29 is 0 Å². The largest absolute Gasteiger partial charge is 0.312 e. The number of likely N-dealkylation sites (N-methyl/N-ethyl adjacent to an activating group) is 1. The lowest BCUT2D eigenvalue weighted by Gasteiger charge is -2.38. The summed E-state index contributed by atoms with van der Waals surface area (Å²) >= 11 is 7.53. The Morgan fingerprint density at radius 3 is 3.00 bits per heavy atom. The molecule has 0 spiro atoms. The lowest BCUT2D eigenvalue weighted by molar-refractivity contribution is 0.214. The molecule has 1 aromatic heterocycles. The maximum atomic E-state index is 3.76. The van der Waals surface area contributed by atoms with Crippen LogP contribution >= 0.6 is 39.0 Å². The number of halogens is 1. The minimum absolute atomic E-state index is 0.572. The van der Waals surface area contributed by atoms with E-state index in [9.17, 15) is 0 Å². The number of thiophene rings is 1. The molecular formula is C14H23BrN2S2. The molecule has 1 aromatic rings. The van der Waals surface area contributed by atoms with Gasteiger partial charge in [-0.3, -0.25) is 0 Å². The quantitative estimate of drug-likeness (QED) is 0.833. The third kappa shape index (κ3) is 4.74. The van der Waals surface area contributed by atoms with Crippen LogP contribution in [0.2, 0.25) is 0 Å². The molecule has 0 amide bonds. The Hall–Kier alpha value is 0.450. The Bertz CT molecular complexity index is 383. The molecule has 0 aromatic carbocycles. The fraction of sp³-hybridized carbons (Fsp3) is 0.714. The zero-order valence-electron chi connectivity index (χ0n) is 11.7. The normalized spacial score (nSPS) is 22.6. The molecule has 0 bridgehead atoms. The van der Waals surface area contributed by atoms with Crippen molar-refractivity contribution in [2.45, 2.75) is 31.8 Å². The lowest BCUT2D eigenvalue weighted by Crippen LogP contribution is -2.53. The number of nitrogens with zero attached hydrogens (tertiary/aromatic N) is 1. The van der Waals surface area contributed by atoms with Crippen molar-refractivity contribution in [3.63, 3.8) is 0 Å². The average molecular weight is 363 g/mol. The Kier molecular flexibility index (Phi) is 6.69. The molecule has 1 saturated heterocycles. The molecule has 0 aliphatic carbocycles. The third-order valence-corrected chi connectivity index (χ3v) is 6.31. The topological polar surface area (TPSA) is 15.3 Å². The van der Waals surface area contributed by atoms with Crippen molar-refractivity contribution in [1.82, 2.24) is 10.2 Å². The van der Waals surface area contributed by atoms with Crippen LogP contribution in [0.1, 0.15) is 18.2 Å². The van der Waals surface area contributed by atoms with Gasteiger partial charge in [0.25, 0.3) is 0 Å². The van der Waals surface area contributed by atoms with E-state index >= 15 is 0 Å². The third-order valence-electron chi connectivity index (χ3n) is 3.61. The van der Waals surface area contributed by atoms with Gasteiger partial charge in [0.05, 0.1) is 3.79 Å². The van der Waals surface area contributed by atoms with Crippen LogP contribution < -0.4 is 5.32 Å². The van der Waals surface area contributed by atoms with Gasteiger partial charge in [0.1, 0.15) is 0 Å². The van der Waals surface area contributed by atoms with Crippen LogP contribution in [0.25, 0.3) is 0 Å². The summed E-state index contributed by atoms with van der Waals surface area (Å²) < 4.78 is 1.24. The zero-order valence-corrected chi connectivity index (χ0v) is 14.9. The van der Waals surface area contributed by atoms with Gasteiger partial charge in [0.15, 0.2) is 0 Å². The van der Waals surface area contributed by atoms with Crippen molar-refractivity contribution >= 4 is 39.0 Å². The average Bonchev–Trinajstić information content (AvgIpc) is 2.81. The van der Waals surface area contributed by atoms with Crippen molar-refractivity contribution in [1.29, 1.82) is 0 Å². The Balaban J connectivity index is 2.01. The second kappa shape index (κ2) is 8.03. The monoisotopic (exact) mass is 362 g/mol. The highest BCUT2D eigenvalue weighted by molar-refractivity contribution is 9.11. The summed E-state index contributed by atoms with van der Waals surface area (Å²) in [4.78, 5) is 4.01. The molecule has 2 atom stereocenters. The van der Waals surface area contributed by atoms with Crippen molar-refractivity contribution in [2.24, 2.45) is 0 Å². The molecule has 0 saturated carbocycles. The predicted molar refractivity (Wildman–Crippen MR) is 91.5 cm³/mol. The van der Waals surface area contributed by atoms with Gasteiger partial charge in [-0.2, -0.15) is 11.8 Å². The molecule has 108 valence electrons. The summed E-state index contributed by atoms with van der Waals surface area (Å²) in [5.74, 6) is 2.53. The van der Waals surface area contributed by atoms with Gasteiger partial charge >= 0.3 is 0 Å². The highest BCUT2D eigenvalue weighted by Gasteiger charge is 2.27. The maximum absolute atomic E-state index is 3.76. The zero-order chi connectivity index (χ0) is 13.7. The molecule has 2 heterocycles. The van der Waals surface area contributed by atoms with E-state index in [1.54, 1.807) is 0 Å². The first kappa shape index (κ1) is 15.8. The summed E-state index contributed by atoms with van der Waals surface area (Å²) in [5.41, 5.74) is 0. The highest BCUT2D eigenvalue weighted by atomic mass is 79.9. The van der Waals surface area contributed by atoms with Crippen LogP contribution in [0.3, 0.4) is 0 Å². The first-order chi connectivity index (χ1) is 9.20. The van der Waals surface area contributed by atoms with Gasteiger partial charge < -0.3 is 10.2 Å². The lowest BCUT2D eigenvalue weighted by atomic mass is 10.0.